The molecule has 0 bridgehead atoms. The van der Waals surface area contributed by atoms with Gasteiger partial charge in [-0.2, -0.15) is 0 Å². The molecule has 0 aromatic heterocycles. The van der Waals surface area contributed by atoms with Crippen LogP contribution in [0, 0.1) is 6.92 Å². The zero-order valence-corrected chi connectivity index (χ0v) is 10.4. The molecule has 0 aliphatic heterocycles. The van der Waals surface area contributed by atoms with Gasteiger partial charge in [0.2, 0.25) is 0 Å². The van der Waals surface area contributed by atoms with Gasteiger partial charge in [0.15, 0.2) is 11.1 Å². The van der Waals surface area contributed by atoms with E-state index in [-0.39, 0.29) is 29.6 Å². The van der Waals surface area contributed by atoms with E-state index in [1.165, 1.54) is 0 Å². The van der Waals surface area contributed by atoms with Gasteiger partial charge in [0.05, 0.1) is 4.90 Å². The fourth-order valence-electron chi connectivity index (χ4n) is 0.777. The molecule has 0 heterocycles. The van der Waals surface area contributed by atoms with Crippen LogP contribution in [0.5, 0.6) is 0 Å². The molecule has 0 aliphatic rings. The molecule has 61 valence electrons. The molecular weight excluding hydrogens is 207 g/mol. The third kappa shape index (κ3) is 2.83. The largest absolute Gasteiger partial charge is 0.302 e. The van der Waals surface area contributed by atoms with Crippen molar-refractivity contribution in [3.05, 3.63) is 28.8 Å². The van der Waals surface area contributed by atoms with Crippen LogP contribution in [0.3, 0.4) is 0 Å². The second kappa shape index (κ2) is 5.37. The minimum atomic E-state index is -1.94. The number of halogens is 1. The van der Waals surface area contributed by atoms with Gasteiger partial charge in [-0.15, -0.1) is 0 Å². The number of benzene rings is 1. The second-order valence-corrected chi connectivity index (χ2v) is 3.46. The molecule has 1 atom stereocenters. The van der Waals surface area contributed by atoms with Crippen molar-refractivity contribution in [3.8, 4) is 0 Å². The van der Waals surface area contributed by atoms with Crippen molar-refractivity contribution in [2.75, 3.05) is 0 Å². The molecule has 5 heteroatoms. The molecule has 1 N–H and O–H groups in total. The summed E-state index contributed by atoms with van der Waals surface area (Å²) < 4.78 is 19.4. The summed E-state index contributed by atoms with van der Waals surface area (Å²) in [5.41, 5.74) is 0.662. The SMILES string of the molecule is Cc1c(Cl)cccc1S(=O)O.[Na]. The molecule has 0 fully saturated rings. The maximum Gasteiger partial charge on any atom is 0.186 e. The molecule has 1 aromatic rings. The van der Waals surface area contributed by atoms with E-state index in [4.69, 9.17) is 16.2 Å². The summed E-state index contributed by atoms with van der Waals surface area (Å²) in [6.07, 6.45) is 0. The van der Waals surface area contributed by atoms with Crippen molar-refractivity contribution in [2.45, 2.75) is 11.8 Å². The molecule has 1 unspecified atom stereocenters. The van der Waals surface area contributed by atoms with Crippen LogP contribution in [0.4, 0.5) is 0 Å². The van der Waals surface area contributed by atoms with Crippen molar-refractivity contribution >= 4 is 52.2 Å². The van der Waals surface area contributed by atoms with Crippen LogP contribution in [-0.4, -0.2) is 38.3 Å². The average Bonchev–Trinajstić information content (AvgIpc) is 1.94. The molecule has 0 saturated heterocycles. The molecule has 0 amide bonds. The first kappa shape index (κ1) is 12.6. The standard InChI is InChI=1S/C7H7ClO2S.Na/c1-5-6(8)3-2-4-7(5)11(9)10;/h2-4H,1H3,(H,9,10);. The Hall–Kier alpha value is 0.620. The van der Waals surface area contributed by atoms with Crippen molar-refractivity contribution in [1.82, 2.24) is 0 Å². The molecule has 0 spiro atoms. The Labute approximate surface area is 101 Å². The third-order valence-electron chi connectivity index (χ3n) is 1.41. The Kier molecular flexibility index (Phi) is 5.65. The van der Waals surface area contributed by atoms with E-state index < -0.39 is 11.1 Å². The molecular formula is C7H7ClNaO2S. The summed E-state index contributed by atoms with van der Waals surface area (Å²) in [4.78, 5) is 0.373. The van der Waals surface area contributed by atoms with Crippen LogP contribution in [0.2, 0.25) is 5.02 Å². The van der Waals surface area contributed by atoms with Crippen molar-refractivity contribution < 1.29 is 8.76 Å². The summed E-state index contributed by atoms with van der Waals surface area (Å²) in [5, 5.41) is 0.518. The van der Waals surface area contributed by atoms with Crippen LogP contribution in [0.25, 0.3) is 0 Å². The molecule has 1 radical (unpaired) electrons. The van der Waals surface area contributed by atoms with Gasteiger partial charge in [-0.1, -0.05) is 17.7 Å². The van der Waals surface area contributed by atoms with Crippen LogP contribution < -0.4 is 0 Å². The van der Waals surface area contributed by atoms with Crippen LogP contribution in [-0.2, 0) is 11.1 Å². The van der Waals surface area contributed by atoms with E-state index in [1.807, 2.05) is 0 Å². The van der Waals surface area contributed by atoms with Crippen LogP contribution >= 0.6 is 11.6 Å². The summed E-state index contributed by atoms with van der Waals surface area (Å²) >= 11 is 3.78. The molecule has 1 rings (SSSR count). The van der Waals surface area contributed by atoms with Crippen molar-refractivity contribution in [3.63, 3.8) is 0 Å². The van der Waals surface area contributed by atoms with Gasteiger partial charge in [0.1, 0.15) is 0 Å². The first-order valence-corrected chi connectivity index (χ1v) is 4.47. The van der Waals surface area contributed by atoms with Gasteiger partial charge in [0.25, 0.3) is 0 Å². The first-order chi connectivity index (χ1) is 5.13. The van der Waals surface area contributed by atoms with Crippen LogP contribution in [0.1, 0.15) is 5.56 Å². The molecule has 0 aliphatic carbocycles. The quantitative estimate of drug-likeness (QED) is 0.571. The summed E-state index contributed by atoms with van der Waals surface area (Å²) in [5.74, 6) is 0. The molecule has 0 saturated carbocycles. The molecule has 12 heavy (non-hydrogen) atoms. The summed E-state index contributed by atoms with van der Waals surface area (Å²) in [6.45, 7) is 1.71. The minimum Gasteiger partial charge on any atom is -0.302 e. The van der Waals surface area contributed by atoms with Gasteiger partial charge >= 0.3 is 0 Å². The number of rotatable bonds is 1. The summed E-state index contributed by atoms with van der Waals surface area (Å²) in [6, 6.07) is 4.92. The van der Waals surface area contributed by atoms with Crippen LogP contribution in [0.15, 0.2) is 23.1 Å². The maximum absolute atomic E-state index is 10.6. The average molecular weight is 214 g/mol. The van der Waals surface area contributed by atoms with Gasteiger partial charge in [-0.3, -0.25) is 0 Å². The minimum absolute atomic E-state index is 0. The normalized spacial score (nSPS) is 11.9. The fourth-order valence-corrected chi connectivity index (χ4v) is 1.57. The zero-order chi connectivity index (χ0) is 8.43. The van der Waals surface area contributed by atoms with E-state index in [0.29, 0.717) is 15.5 Å². The van der Waals surface area contributed by atoms with E-state index >= 15 is 0 Å². The Morgan fingerprint density at radius 1 is 1.50 bits per heavy atom. The molecule has 2 nitrogen and oxygen atoms in total. The topological polar surface area (TPSA) is 37.3 Å². The predicted molar refractivity (Wildman–Crippen MR) is 51.0 cm³/mol. The number of hydrogen-bond acceptors (Lipinski definition) is 1. The van der Waals surface area contributed by atoms with Gasteiger partial charge in [-0.25, -0.2) is 4.21 Å². The first-order valence-electron chi connectivity index (χ1n) is 2.99. The van der Waals surface area contributed by atoms with Crippen molar-refractivity contribution in [1.29, 1.82) is 0 Å². The third-order valence-corrected chi connectivity index (χ3v) is 2.63. The maximum atomic E-state index is 10.6. The molecule has 1 aromatic carbocycles. The monoisotopic (exact) mass is 213 g/mol. The van der Waals surface area contributed by atoms with Crippen molar-refractivity contribution in [2.24, 2.45) is 0 Å². The Morgan fingerprint density at radius 2 is 2.08 bits per heavy atom. The fraction of sp³-hybridized carbons (Fsp3) is 0.143. The van der Waals surface area contributed by atoms with Gasteiger partial charge in [-0.05, 0) is 24.6 Å². The predicted octanol–water partition coefficient (Wildman–Crippen LogP) is 1.85. The Morgan fingerprint density at radius 3 is 2.50 bits per heavy atom. The zero-order valence-electron chi connectivity index (χ0n) is 6.87. The Bertz CT molecular complexity index is 303. The van der Waals surface area contributed by atoms with Gasteiger partial charge in [0, 0.05) is 34.6 Å². The van der Waals surface area contributed by atoms with E-state index in [1.54, 1.807) is 25.1 Å². The smallest absolute Gasteiger partial charge is 0.186 e. The Balaban J connectivity index is 0.00000121. The summed E-state index contributed by atoms with van der Waals surface area (Å²) in [7, 11) is 0. The second-order valence-electron chi connectivity index (χ2n) is 2.11. The van der Waals surface area contributed by atoms with E-state index in [9.17, 15) is 4.21 Å². The van der Waals surface area contributed by atoms with E-state index in [2.05, 4.69) is 0 Å². The van der Waals surface area contributed by atoms with E-state index in [0.717, 1.165) is 0 Å². The number of hydrogen-bond donors (Lipinski definition) is 1. The van der Waals surface area contributed by atoms with Gasteiger partial charge < -0.3 is 4.55 Å².